The summed E-state index contributed by atoms with van der Waals surface area (Å²) in [6.07, 6.45) is 4.82. The van der Waals surface area contributed by atoms with Crippen LogP contribution in [0.15, 0.2) is 6.07 Å². The SMILES string of the molecule is CCc1nc(Cl)cc(NCC(C)N2CCCCC2)n1. The van der Waals surface area contributed by atoms with Crippen molar-refractivity contribution in [3.63, 3.8) is 0 Å². The summed E-state index contributed by atoms with van der Waals surface area (Å²) >= 11 is 5.99. The number of nitrogens with zero attached hydrogens (tertiary/aromatic N) is 3. The second-order valence-electron chi connectivity index (χ2n) is 5.17. The third-order valence-electron chi connectivity index (χ3n) is 3.65. The zero-order valence-electron chi connectivity index (χ0n) is 11.8. The maximum Gasteiger partial charge on any atom is 0.134 e. The minimum atomic E-state index is 0.514. The van der Waals surface area contributed by atoms with E-state index in [2.05, 4.69) is 27.1 Å². The normalized spacial score (nSPS) is 18.3. The van der Waals surface area contributed by atoms with Gasteiger partial charge in [-0.3, -0.25) is 4.90 Å². The van der Waals surface area contributed by atoms with Crippen LogP contribution in [0.4, 0.5) is 5.82 Å². The molecule has 1 aromatic heterocycles. The van der Waals surface area contributed by atoms with E-state index >= 15 is 0 Å². The molecule has 0 saturated carbocycles. The Balaban J connectivity index is 1.88. The van der Waals surface area contributed by atoms with Crippen molar-refractivity contribution in [3.05, 3.63) is 17.0 Å². The van der Waals surface area contributed by atoms with E-state index in [1.165, 1.54) is 32.4 Å². The van der Waals surface area contributed by atoms with Crippen molar-refractivity contribution >= 4 is 17.4 Å². The molecule has 1 atom stereocenters. The fourth-order valence-electron chi connectivity index (χ4n) is 2.45. The molecule has 4 nitrogen and oxygen atoms in total. The lowest BCUT2D eigenvalue weighted by molar-refractivity contribution is 0.180. The Morgan fingerprint density at radius 3 is 2.74 bits per heavy atom. The molecule has 0 aromatic carbocycles. The smallest absolute Gasteiger partial charge is 0.134 e. The van der Waals surface area contributed by atoms with Gasteiger partial charge in [0.1, 0.15) is 16.8 Å². The van der Waals surface area contributed by atoms with E-state index in [-0.39, 0.29) is 0 Å². The molecule has 0 radical (unpaired) electrons. The first kappa shape index (κ1) is 14.5. The highest BCUT2D eigenvalue weighted by Crippen LogP contribution is 2.14. The average molecular weight is 283 g/mol. The van der Waals surface area contributed by atoms with E-state index in [4.69, 9.17) is 11.6 Å². The molecule has 1 unspecified atom stereocenters. The molecule has 2 heterocycles. The third-order valence-corrected chi connectivity index (χ3v) is 3.84. The number of hydrogen-bond donors (Lipinski definition) is 1. The fraction of sp³-hybridized carbons (Fsp3) is 0.714. The highest BCUT2D eigenvalue weighted by molar-refractivity contribution is 6.29. The Hall–Kier alpha value is -0.870. The van der Waals surface area contributed by atoms with E-state index in [9.17, 15) is 0 Å². The summed E-state index contributed by atoms with van der Waals surface area (Å²) in [6.45, 7) is 7.63. The highest BCUT2D eigenvalue weighted by Gasteiger charge is 2.16. The van der Waals surface area contributed by atoms with Gasteiger partial charge in [-0.25, -0.2) is 9.97 Å². The molecule has 1 aromatic rings. The number of hydrogen-bond acceptors (Lipinski definition) is 4. The van der Waals surface area contributed by atoms with Crippen LogP contribution in [0.3, 0.4) is 0 Å². The van der Waals surface area contributed by atoms with Crippen molar-refractivity contribution in [2.75, 3.05) is 25.0 Å². The van der Waals surface area contributed by atoms with Crippen molar-refractivity contribution in [3.8, 4) is 0 Å². The number of halogens is 1. The van der Waals surface area contributed by atoms with Crippen LogP contribution >= 0.6 is 11.6 Å². The monoisotopic (exact) mass is 282 g/mol. The highest BCUT2D eigenvalue weighted by atomic mass is 35.5. The van der Waals surface area contributed by atoms with Gasteiger partial charge >= 0.3 is 0 Å². The first-order valence-electron chi connectivity index (χ1n) is 7.20. The van der Waals surface area contributed by atoms with E-state index in [0.717, 1.165) is 24.6 Å². The van der Waals surface area contributed by atoms with Crippen molar-refractivity contribution < 1.29 is 0 Å². The van der Waals surface area contributed by atoms with Crippen molar-refractivity contribution in [2.24, 2.45) is 0 Å². The van der Waals surface area contributed by atoms with Crippen LogP contribution in [0.1, 0.15) is 38.9 Å². The topological polar surface area (TPSA) is 41.1 Å². The summed E-state index contributed by atoms with van der Waals surface area (Å²) in [7, 11) is 0. The first-order chi connectivity index (χ1) is 9.19. The summed E-state index contributed by atoms with van der Waals surface area (Å²) in [6, 6.07) is 2.32. The Kier molecular flexibility index (Phi) is 5.40. The molecule has 106 valence electrons. The lowest BCUT2D eigenvalue weighted by atomic mass is 10.1. The number of aryl methyl sites for hydroxylation is 1. The van der Waals surface area contributed by atoms with Gasteiger partial charge in [-0.15, -0.1) is 0 Å². The predicted molar refractivity (Wildman–Crippen MR) is 79.8 cm³/mol. The third kappa shape index (κ3) is 4.32. The molecule has 1 aliphatic heterocycles. The molecule has 19 heavy (non-hydrogen) atoms. The summed E-state index contributed by atoms with van der Waals surface area (Å²) < 4.78 is 0. The predicted octanol–water partition coefficient (Wildman–Crippen LogP) is 2.98. The molecule has 0 bridgehead atoms. The zero-order valence-corrected chi connectivity index (χ0v) is 12.6. The molecular weight excluding hydrogens is 260 g/mol. The molecule has 0 amide bonds. The van der Waals surface area contributed by atoms with Crippen molar-refractivity contribution in [2.45, 2.75) is 45.6 Å². The number of anilines is 1. The standard InChI is InChI=1S/C14H23ClN4/c1-3-13-17-12(15)9-14(18-13)16-10-11(2)19-7-5-4-6-8-19/h9,11H,3-8,10H2,1-2H3,(H,16,17,18). The Bertz CT molecular complexity index is 404. The maximum absolute atomic E-state index is 5.99. The van der Waals surface area contributed by atoms with Crippen LogP contribution in [-0.2, 0) is 6.42 Å². The maximum atomic E-state index is 5.99. The van der Waals surface area contributed by atoms with Crippen LogP contribution < -0.4 is 5.32 Å². The number of aromatic nitrogens is 2. The molecule has 1 N–H and O–H groups in total. The van der Waals surface area contributed by atoms with E-state index in [1.807, 2.05) is 6.92 Å². The summed E-state index contributed by atoms with van der Waals surface area (Å²) in [4.78, 5) is 11.2. The minimum absolute atomic E-state index is 0.514. The van der Waals surface area contributed by atoms with Crippen LogP contribution in [0.5, 0.6) is 0 Å². The Morgan fingerprint density at radius 1 is 1.32 bits per heavy atom. The van der Waals surface area contributed by atoms with E-state index in [1.54, 1.807) is 6.07 Å². The van der Waals surface area contributed by atoms with Gasteiger partial charge in [0.25, 0.3) is 0 Å². The number of nitrogens with one attached hydrogen (secondary N) is 1. The van der Waals surface area contributed by atoms with Gasteiger partial charge in [-0.05, 0) is 32.9 Å². The molecule has 0 spiro atoms. The summed E-state index contributed by atoms with van der Waals surface area (Å²) in [5, 5.41) is 3.89. The summed E-state index contributed by atoms with van der Waals surface area (Å²) in [5.74, 6) is 1.63. The molecular formula is C14H23ClN4. The molecule has 1 aliphatic rings. The molecule has 5 heteroatoms. The number of piperidine rings is 1. The lowest BCUT2D eigenvalue weighted by Crippen LogP contribution is -2.41. The molecule has 2 rings (SSSR count). The zero-order chi connectivity index (χ0) is 13.7. The van der Waals surface area contributed by atoms with Gasteiger partial charge in [-0.1, -0.05) is 24.9 Å². The van der Waals surface area contributed by atoms with Gasteiger partial charge in [0.15, 0.2) is 0 Å². The van der Waals surface area contributed by atoms with Gasteiger partial charge < -0.3 is 5.32 Å². The molecule has 1 fully saturated rings. The second kappa shape index (κ2) is 7.06. The lowest BCUT2D eigenvalue weighted by Gasteiger charge is -2.32. The van der Waals surface area contributed by atoms with Gasteiger partial charge in [0.2, 0.25) is 0 Å². The van der Waals surface area contributed by atoms with Crippen LogP contribution in [0.2, 0.25) is 5.15 Å². The van der Waals surface area contributed by atoms with Crippen LogP contribution in [0, 0.1) is 0 Å². The van der Waals surface area contributed by atoms with Crippen molar-refractivity contribution in [1.82, 2.24) is 14.9 Å². The van der Waals surface area contributed by atoms with Crippen LogP contribution in [0.25, 0.3) is 0 Å². The number of likely N-dealkylation sites (tertiary alicyclic amines) is 1. The average Bonchev–Trinajstić information content (AvgIpc) is 2.45. The second-order valence-corrected chi connectivity index (χ2v) is 5.56. The van der Waals surface area contributed by atoms with Crippen molar-refractivity contribution in [1.29, 1.82) is 0 Å². The first-order valence-corrected chi connectivity index (χ1v) is 7.58. The van der Waals surface area contributed by atoms with E-state index in [0.29, 0.717) is 11.2 Å². The minimum Gasteiger partial charge on any atom is -0.368 e. The molecule has 0 aliphatic carbocycles. The molecule has 1 saturated heterocycles. The Labute approximate surface area is 120 Å². The Morgan fingerprint density at radius 2 is 2.05 bits per heavy atom. The van der Waals surface area contributed by atoms with Crippen LogP contribution in [-0.4, -0.2) is 40.5 Å². The van der Waals surface area contributed by atoms with E-state index < -0.39 is 0 Å². The fourth-order valence-corrected chi connectivity index (χ4v) is 2.65. The largest absolute Gasteiger partial charge is 0.368 e. The number of rotatable bonds is 5. The summed E-state index contributed by atoms with van der Waals surface area (Å²) in [5.41, 5.74) is 0. The van der Waals surface area contributed by atoms with Gasteiger partial charge in [0.05, 0.1) is 0 Å². The van der Waals surface area contributed by atoms with Gasteiger partial charge in [-0.2, -0.15) is 0 Å². The quantitative estimate of drug-likeness (QED) is 0.843. The van der Waals surface area contributed by atoms with Gasteiger partial charge in [0, 0.05) is 25.1 Å².